The minimum atomic E-state index is 0.00162. The zero-order chi connectivity index (χ0) is 10.1. The third-order valence-electron chi connectivity index (χ3n) is 2.50. The molecule has 1 heterocycles. The highest BCUT2D eigenvalue weighted by molar-refractivity contribution is 5.79. The van der Waals surface area contributed by atoms with Gasteiger partial charge in [0, 0.05) is 11.1 Å². The number of fused-ring (bicyclic) bond motifs is 1. The lowest BCUT2D eigenvalue weighted by atomic mass is 10.1. The fraction of sp³-hybridized carbons (Fsp3) is 0.250. The highest BCUT2D eigenvalue weighted by atomic mass is 16.1. The van der Waals surface area contributed by atoms with Crippen molar-refractivity contribution in [3.05, 3.63) is 45.7 Å². The molecule has 1 aromatic heterocycles. The van der Waals surface area contributed by atoms with Crippen molar-refractivity contribution >= 4 is 10.9 Å². The molecule has 0 bridgehead atoms. The number of H-pyrrole nitrogens is 1. The Hall–Kier alpha value is -1.57. The van der Waals surface area contributed by atoms with Gasteiger partial charge in [-0.3, -0.25) is 4.79 Å². The number of nitrogens with one attached hydrogen (secondary N) is 1. The van der Waals surface area contributed by atoms with Crippen molar-refractivity contribution in [2.45, 2.75) is 20.3 Å². The molecule has 0 amide bonds. The molecule has 0 aliphatic heterocycles. The van der Waals surface area contributed by atoms with Crippen LogP contribution in [0.25, 0.3) is 10.9 Å². The molecule has 0 fully saturated rings. The predicted molar refractivity (Wildman–Crippen MR) is 58.7 cm³/mol. The highest BCUT2D eigenvalue weighted by Gasteiger charge is 1.98. The summed E-state index contributed by atoms with van der Waals surface area (Å²) < 4.78 is 0. The molecule has 0 aliphatic carbocycles. The first-order valence-electron chi connectivity index (χ1n) is 4.83. The van der Waals surface area contributed by atoms with Gasteiger partial charge in [-0.15, -0.1) is 0 Å². The summed E-state index contributed by atoms with van der Waals surface area (Å²) in [6.07, 6.45) is 1.02. The molecule has 0 saturated carbocycles. The van der Waals surface area contributed by atoms with E-state index in [9.17, 15) is 4.79 Å². The summed E-state index contributed by atoms with van der Waals surface area (Å²) in [6, 6.07) is 8.08. The van der Waals surface area contributed by atoms with Crippen LogP contribution in [0, 0.1) is 6.92 Å². The van der Waals surface area contributed by atoms with Crippen LogP contribution in [0.15, 0.2) is 29.1 Å². The van der Waals surface area contributed by atoms with E-state index in [-0.39, 0.29) is 5.56 Å². The van der Waals surface area contributed by atoms with Crippen molar-refractivity contribution in [3.63, 3.8) is 0 Å². The topological polar surface area (TPSA) is 32.9 Å². The van der Waals surface area contributed by atoms with Crippen LogP contribution < -0.4 is 5.56 Å². The lowest BCUT2D eigenvalue weighted by Crippen LogP contribution is -2.08. The number of aromatic nitrogens is 1. The Morgan fingerprint density at radius 2 is 2.07 bits per heavy atom. The first-order valence-corrected chi connectivity index (χ1v) is 4.83. The van der Waals surface area contributed by atoms with Crippen molar-refractivity contribution in [1.29, 1.82) is 0 Å². The van der Waals surface area contributed by atoms with E-state index in [2.05, 4.69) is 18.0 Å². The molecule has 72 valence electrons. The Morgan fingerprint density at radius 1 is 1.29 bits per heavy atom. The van der Waals surface area contributed by atoms with Gasteiger partial charge in [0.2, 0.25) is 0 Å². The van der Waals surface area contributed by atoms with Crippen LogP contribution in [0.3, 0.4) is 0 Å². The fourth-order valence-electron chi connectivity index (χ4n) is 1.59. The monoisotopic (exact) mass is 187 g/mol. The van der Waals surface area contributed by atoms with Gasteiger partial charge in [-0.2, -0.15) is 0 Å². The molecule has 0 unspecified atom stereocenters. The van der Waals surface area contributed by atoms with Crippen molar-refractivity contribution in [3.8, 4) is 0 Å². The third-order valence-corrected chi connectivity index (χ3v) is 2.50. The Bertz CT molecular complexity index is 525. The van der Waals surface area contributed by atoms with Gasteiger partial charge >= 0.3 is 0 Å². The normalized spacial score (nSPS) is 10.7. The van der Waals surface area contributed by atoms with Gasteiger partial charge < -0.3 is 4.98 Å². The predicted octanol–water partition coefficient (Wildman–Crippen LogP) is 2.40. The summed E-state index contributed by atoms with van der Waals surface area (Å²) in [7, 11) is 0. The summed E-state index contributed by atoms with van der Waals surface area (Å²) in [5.74, 6) is 0. The van der Waals surface area contributed by atoms with E-state index >= 15 is 0 Å². The maximum absolute atomic E-state index is 11.3. The van der Waals surface area contributed by atoms with Gasteiger partial charge in [0.1, 0.15) is 0 Å². The average molecular weight is 187 g/mol. The lowest BCUT2D eigenvalue weighted by molar-refractivity contribution is 1.14. The van der Waals surface area contributed by atoms with Gasteiger partial charge in [-0.05, 0) is 42.5 Å². The van der Waals surface area contributed by atoms with Crippen molar-refractivity contribution in [1.82, 2.24) is 4.98 Å². The van der Waals surface area contributed by atoms with Crippen molar-refractivity contribution in [2.24, 2.45) is 0 Å². The van der Waals surface area contributed by atoms with Gasteiger partial charge in [0.05, 0.1) is 0 Å². The van der Waals surface area contributed by atoms with Gasteiger partial charge in [-0.25, -0.2) is 0 Å². The molecule has 2 rings (SSSR count). The SMILES string of the molecule is CCc1ccc2[nH]c(=O)c(C)cc2c1. The minimum Gasteiger partial charge on any atom is -0.322 e. The summed E-state index contributed by atoms with van der Waals surface area (Å²) in [6.45, 7) is 3.95. The summed E-state index contributed by atoms with van der Waals surface area (Å²) in [5, 5.41) is 1.11. The number of aryl methyl sites for hydroxylation is 2. The molecule has 0 radical (unpaired) electrons. The second kappa shape index (κ2) is 3.29. The molecule has 1 aromatic carbocycles. The Labute approximate surface area is 82.6 Å². The van der Waals surface area contributed by atoms with E-state index < -0.39 is 0 Å². The van der Waals surface area contributed by atoms with E-state index in [0.717, 1.165) is 22.9 Å². The Morgan fingerprint density at radius 3 is 2.79 bits per heavy atom. The van der Waals surface area contributed by atoms with Crippen LogP contribution in [-0.4, -0.2) is 4.98 Å². The number of hydrogen-bond donors (Lipinski definition) is 1. The van der Waals surface area contributed by atoms with E-state index in [4.69, 9.17) is 0 Å². The zero-order valence-electron chi connectivity index (χ0n) is 8.42. The van der Waals surface area contributed by atoms with E-state index in [0.29, 0.717) is 0 Å². The highest BCUT2D eigenvalue weighted by Crippen LogP contribution is 2.13. The molecular weight excluding hydrogens is 174 g/mol. The summed E-state index contributed by atoms with van der Waals surface area (Å²) >= 11 is 0. The average Bonchev–Trinajstić information content (AvgIpc) is 2.19. The molecule has 1 N–H and O–H groups in total. The van der Waals surface area contributed by atoms with Crippen molar-refractivity contribution < 1.29 is 0 Å². The number of pyridine rings is 1. The second-order valence-electron chi connectivity index (χ2n) is 3.56. The molecule has 0 spiro atoms. The number of hydrogen-bond acceptors (Lipinski definition) is 1. The largest absolute Gasteiger partial charge is 0.322 e. The molecule has 0 atom stereocenters. The third kappa shape index (κ3) is 1.43. The van der Waals surface area contributed by atoms with Crippen LogP contribution in [0.1, 0.15) is 18.1 Å². The van der Waals surface area contributed by atoms with Crippen LogP contribution >= 0.6 is 0 Å². The molecular formula is C12H13NO. The van der Waals surface area contributed by atoms with Gasteiger partial charge in [0.25, 0.3) is 5.56 Å². The first kappa shape index (κ1) is 9.00. The van der Waals surface area contributed by atoms with E-state index in [1.54, 1.807) is 0 Å². The van der Waals surface area contributed by atoms with E-state index in [1.165, 1.54) is 5.56 Å². The van der Waals surface area contributed by atoms with Crippen LogP contribution in [0.2, 0.25) is 0 Å². The quantitative estimate of drug-likeness (QED) is 0.730. The van der Waals surface area contributed by atoms with Crippen molar-refractivity contribution in [2.75, 3.05) is 0 Å². The zero-order valence-corrected chi connectivity index (χ0v) is 8.42. The summed E-state index contributed by atoms with van der Waals surface area (Å²) in [4.78, 5) is 14.2. The van der Waals surface area contributed by atoms with Gasteiger partial charge in [-0.1, -0.05) is 13.0 Å². The smallest absolute Gasteiger partial charge is 0.251 e. The maximum atomic E-state index is 11.3. The number of rotatable bonds is 1. The molecule has 2 aromatic rings. The molecule has 14 heavy (non-hydrogen) atoms. The fourth-order valence-corrected chi connectivity index (χ4v) is 1.59. The standard InChI is InChI=1S/C12H13NO/c1-3-9-4-5-11-10(7-9)6-8(2)12(14)13-11/h4-7H,3H2,1-2H3,(H,13,14). The maximum Gasteiger partial charge on any atom is 0.251 e. The minimum absolute atomic E-state index is 0.00162. The van der Waals surface area contributed by atoms with Crippen LogP contribution in [0.4, 0.5) is 0 Å². The first-order chi connectivity index (χ1) is 6.70. The Balaban J connectivity index is 2.77. The summed E-state index contributed by atoms with van der Waals surface area (Å²) in [5.41, 5.74) is 2.98. The molecule has 0 aliphatic rings. The van der Waals surface area contributed by atoms with Crippen LogP contribution in [0.5, 0.6) is 0 Å². The second-order valence-corrected chi connectivity index (χ2v) is 3.56. The molecule has 2 nitrogen and oxygen atoms in total. The molecule has 0 saturated heterocycles. The Kier molecular flexibility index (Phi) is 2.12. The van der Waals surface area contributed by atoms with Gasteiger partial charge in [0.15, 0.2) is 0 Å². The number of aromatic amines is 1. The van der Waals surface area contributed by atoms with Crippen LogP contribution in [-0.2, 0) is 6.42 Å². The molecule has 2 heteroatoms. The van der Waals surface area contributed by atoms with E-state index in [1.807, 2.05) is 25.1 Å². The number of benzene rings is 1. The lowest BCUT2D eigenvalue weighted by Gasteiger charge is -2.01.